The quantitative estimate of drug-likeness (QED) is 0.241. The molecule has 2 rings (SSSR count). The van der Waals surface area contributed by atoms with E-state index < -0.39 is 0 Å². The molecule has 144 valence electrons. The van der Waals surface area contributed by atoms with Crippen LogP contribution in [0.1, 0.15) is 36.0 Å². The molecule has 26 heavy (non-hydrogen) atoms. The number of aromatic nitrogens is 1. The molecule has 2 N–H and O–H groups in total. The highest BCUT2D eigenvalue weighted by atomic mass is 127. The Kier molecular flexibility index (Phi) is 11.3. The number of unbranched alkanes of at least 4 members (excludes halogenated alkanes) is 1. The molecule has 1 aromatic heterocycles. The van der Waals surface area contributed by atoms with E-state index in [1.807, 2.05) is 19.1 Å². The Morgan fingerprint density at radius 1 is 1.31 bits per heavy atom. The SMILES string of the molecule is CCCCOc1cccc(CNC(=NC)NCCc2csc(C)n2)c1.I. The van der Waals surface area contributed by atoms with Crippen LogP contribution in [0.3, 0.4) is 0 Å². The smallest absolute Gasteiger partial charge is 0.191 e. The molecule has 0 aliphatic rings. The van der Waals surface area contributed by atoms with E-state index in [1.165, 1.54) is 5.56 Å². The van der Waals surface area contributed by atoms with Gasteiger partial charge in [-0.25, -0.2) is 4.98 Å². The van der Waals surface area contributed by atoms with Crippen molar-refractivity contribution < 1.29 is 4.74 Å². The van der Waals surface area contributed by atoms with E-state index in [0.29, 0.717) is 6.54 Å². The number of halogens is 1. The molecule has 0 amide bonds. The van der Waals surface area contributed by atoms with Gasteiger partial charge in [-0.2, -0.15) is 0 Å². The predicted octanol–water partition coefficient (Wildman–Crippen LogP) is 4.16. The minimum atomic E-state index is 0. The molecule has 0 bridgehead atoms. The summed E-state index contributed by atoms with van der Waals surface area (Å²) in [5, 5.41) is 9.88. The average molecular weight is 488 g/mol. The maximum absolute atomic E-state index is 5.76. The molecular weight excluding hydrogens is 459 g/mol. The predicted molar refractivity (Wildman–Crippen MR) is 121 cm³/mol. The lowest BCUT2D eigenvalue weighted by molar-refractivity contribution is 0.309. The number of aliphatic imine (C=N–C) groups is 1. The second-order valence-electron chi connectivity index (χ2n) is 5.81. The number of ether oxygens (including phenoxy) is 1. The Labute approximate surface area is 177 Å². The third-order valence-corrected chi connectivity index (χ3v) is 4.51. The third-order valence-electron chi connectivity index (χ3n) is 3.69. The molecule has 0 aliphatic carbocycles. The molecular formula is C19H29IN4OS. The fraction of sp³-hybridized carbons (Fsp3) is 0.474. The lowest BCUT2D eigenvalue weighted by Gasteiger charge is -2.12. The first-order valence-electron chi connectivity index (χ1n) is 8.78. The number of thiazole rings is 1. The zero-order chi connectivity index (χ0) is 17.9. The zero-order valence-electron chi connectivity index (χ0n) is 15.7. The molecule has 1 heterocycles. The summed E-state index contributed by atoms with van der Waals surface area (Å²) in [5.74, 6) is 1.72. The number of hydrogen-bond donors (Lipinski definition) is 2. The normalized spacial score (nSPS) is 11.0. The summed E-state index contributed by atoms with van der Waals surface area (Å²) in [6.45, 7) is 6.48. The first kappa shape index (κ1) is 22.7. The van der Waals surface area contributed by atoms with Gasteiger partial charge in [0.2, 0.25) is 0 Å². The number of hydrogen-bond acceptors (Lipinski definition) is 4. The van der Waals surface area contributed by atoms with E-state index in [9.17, 15) is 0 Å². The van der Waals surface area contributed by atoms with Gasteiger partial charge in [0.05, 0.1) is 17.3 Å². The Bertz CT molecular complexity index is 675. The summed E-state index contributed by atoms with van der Waals surface area (Å²) in [7, 11) is 1.78. The van der Waals surface area contributed by atoms with Crippen molar-refractivity contribution in [2.24, 2.45) is 4.99 Å². The summed E-state index contributed by atoms with van der Waals surface area (Å²) in [4.78, 5) is 8.74. The second-order valence-corrected chi connectivity index (χ2v) is 6.87. The summed E-state index contributed by atoms with van der Waals surface area (Å²) in [6, 6.07) is 8.19. The number of aryl methyl sites for hydroxylation is 1. The lowest BCUT2D eigenvalue weighted by atomic mass is 10.2. The van der Waals surface area contributed by atoms with Crippen LogP contribution in [-0.2, 0) is 13.0 Å². The fourth-order valence-electron chi connectivity index (χ4n) is 2.32. The van der Waals surface area contributed by atoms with E-state index in [4.69, 9.17) is 4.74 Å². The van der Waals surface area contributed by atoms with Crippen LogP contribution in [0.15, 0.2) is 34.6 Å². The van der Waals surface area contributed by atoms with Crippen LogP contribution in [0.4, 0.5) is 0 Å². The number of guanidine groups is 1. The first-order valence-corrected chi connectivity index (χ1v) is 9.66. The molecule has 0 saturated heterocycles. The standard InChI is InChI=1S/C19H28N4OS.HI/c1-4-5-11-24-18-8-6-7-16(12-18)13-22-19(20-3)21-10-9-17-14-25-15(2)23-17;/h6-8,12,14H,4-5,9-11,13H2,1-3H3,(H2,20,21,22);1H. The molecule has 7 heteroatoms. The van der Waals surface area contributed by atoms with Crippen molar-refractivity contribution in [1.82, 2.24) is 15.6 Å². The Morgan fingerprint density at radius 2 is 2.15 bits per heavy atom. The Morgan fingerprint density at radius 3 is 2.85 bits per heavy atom. The van der Waals surface area contributed by atoms with Crippen molar-refractivity contribution in [2.45, 2.75) is 39.7 Å². The van der Waals surface area contributed by atoms with Crippen LogP contribution >= 0.6 is 35.3 Å². The van der Waals surface area contributed by atoms with Crippen molar-refractivity contribution >= 4 is 41.3 Å². The Balaban J connectivity index is 0.00000338. The number of benzene rings is 1. The Hall–Kier alpha value is -1.35. The highest BCUT2D eigenvalue weighted by Gasteiger charge is 2.02. The van der Waals surface area contributed by atoms with Crippen molar-refractivity contribution in [3.05, 3.63) is 45.9 Å². The summed E-state index contributed by atoms with van der Waals surface area (Å²) >= 11 is 1.69. The van der Waals surface area contributed by atoms with Gasteiger partial charge in [0.1, 0.15) is 5.75 Å². The molecule has 0 aliphatic heterocycles. The molecule has 2 aromatic rings. The van der Waals surface area contributed by atoms with Gasteiger partial charge in [-0.3, -0.25) is 4.99 Å². The first-order chi connectivity index (χ1) is 12.2. The van der Waals surface area contributed by atoms with Gasteiger partial charge < -0.3 is 15.4 Å². The third kappa shape index (κ3) is 8.35. The average Bonchev–Trinajstić information content (AvgIpc) is 3.04. The van der Waals surface area contributed by atoms with Crippen LogP contribution in [0.2, 0.25) is 0 Å². The lowest BCUT2D eigenvalue weighted by Crippen LogP contribution is -2.37. The van der Waals surface area contributed by atoms with Crippen molar-refractivity contribution in [2.75, 3.05) is 20.2 Å². The van der Waals surface area contributed by atoms with Gasteiger partial charge in [0, 0.05) is 31.9 Å². The molecule has 0 unspecified atom stereocenters. The van der Waals surface area contributed by atoms with Gasteiger partial charge in [-0.05, 0) is 31.0 Å². The van der Waals surface area contributed by atoms with Gasteiger partial charge >= 0.3 is 0 Å². The van der Waals surface area contributed by atoms with Gasteiger partial charge in [0.25, 0.3) is 0 Å². The minimum Gasteiger partial charge on any atom is -0.494 e. The molecule has 0 saturated carbocycles. The second kappa shape index (κ2) is 12.9. The largest absolute Gasteiger partial charge is 0.494 e. The maximum Gasteiger partial charge on any atom is 0.191 e. The molecule has 1 aromatic carbocycles. The van der Waals surface area contributed by atoms with Crippen LogP contribution in [0.5, 0.6) is 5.75 Å². The van der Waals surface area contributed by atoms with Gasteiger partial charge in [-0.15, -0.1) is 35.3 Å². The van der Waals surface area contributed by atoms with Crippen LogP contribution in [-0.4, -0.2) is 31.1 Å². The number of nitrogens with zero attached hydrogens (tertiary/aromatic N) is 2. The maximum atomic E-state index is 5.76. The van der Waals surface area contributed by atoms with Crippen molar-refractivity contribution in [1.29, 1.82) is 0 Å². The number of rotatable bonds is 9. The van der Waals surface area contributed by atoms with Crippen molar-refractivity contribution in [3.8, 4) is 5.75 Å². The minimum absolute atomic E-state index is 0. The highest BCUT2D eigenvalue weighted by molar-refractivity contribution is 14.0. The van der Waals surface area contributed by atoms with Crippen molar-refractivity contribution in [3.63, 3.8) is 0 Å². The number of nitrogens with one attached hydrogen (secondary N) is 2. The van der Waals surface area contributed by atoms with Gasteiger partial charge in [-0.1, -0.05) is 25.5 Å². The molecule has 0 atom stereocenters. The van der Waals surface area contributed by atoms with E-state index in [2.05, 4.69) is 45.0 Å². The fourth-order valence-corrected chi connectivity index (χ4v) is 2.97. The zero-order valence-corrected chi connectivity index (χ0v) is 18.9. The van der Waals surface area contributed by atoms with Gasteiger partial charge in [0.15, 0.2) is 5.96 Å². The molecule has 0 spiro atoms. The highest BCUT2D eigenvalue weighted by Crippen LogP contribution is 2.13. The van der Waals surface area contributed by atoms with Crippen LogP contribution < -0.4 is 15.4 Å². The van der Waals surface area contributed by atoms with E-state index in [1.54, 1.807) is 18.4 Å². The molecule has 5 nitrogen and oxygen atoms in total. The monoisotopic (exact) mass is 488 g/mol. The molecule has 0 fully saturated rings. The van der Waals surface area contributed by atoms with E-state index >= 15 is 0 Å². The van der Waals surface area contributed by atoms with Crippen LogP contribution in [0, 0.1) is 6.92 Å². The van der Waals surface area contributed by atoms with E-state index in [0.717, 1.165) is 54.8 Å². The molecule has 0 radical (unpaired) electrons. The topological polar surface area (TPSA) is 58.5 Å². The summed E-state index contributed by atoms with van der Waals surface area (Å²) in [6.07, 6.45) is 3.12. The summed E-state index contributed by atoms with van der Waals surface area (Å²) in [5.41, 5.74) is 2.30. The van der Waals surface area contributed by atoms with E-state index in [-0.39, 0.29) is 24.0 Å². The summed E-state index contributed by atoms with van der Waals surface area (Å²) < 4.78 is 5.76. The van der Waals surface area contributed by atoms with Crippen LogP contribution in [0.25, 0.3) is 0 Å².